The number of carbonyl (C=O) groups excluding carboxylic acids is 1. The number of amides is 1. The summed E-state index contributed by atoms with van der Waals surface area (Å²) in [6, 6.07) is 6.81. The summed E-state index contributed by atoms with van der Waals surface area (Å²) in [4.78, 5) is 19.2. The molecule has 3 atom stereocenters. The first-order valence-electron chi connectivity index (χ1n) is 10.8. The van der Waals surface area contributed by atoms with Gasteiger partial charge in [0.15, 0.2) is 0 Å². The second-order valence-corrected chi connectivity index (χ2v) is 10.6. The lowest BCUT2D eigenvalue weighted by atomic mass is 10.0. The van der Waals surface area contributed by atoms with Crippen molar-refractivity contribution in [2.45, 2.75) is 26.0 Å². The first kappa shape index (κ1) is 25.6. The largest absolute Gasteiger partial charge is 0.472 e. The number of hydrogen-bond donors (Lipinski definition) is 1. The van der Waals surface area contributed by atoms with Crippen molar-refractivity contribution >= 4 is 15.9 Å². The van der Waals surface area contributed by atoms with E-state index in [1.165, 1.54) is 29.7 Å². The van der Waals surface area contributed by atoms with Gasteiger partial charge in [0.25, 0.3) is 5.91 Å². The van der Waals surface area contributed by atoms with Gasteiger partial charge < -0.3 is 14.7 Å². The Hall–Kier alpha value is -3.00. The summed E-state index contributed by atoms with van der Waals surface area (Å²) >= 11 is 0. The van der Waals surface area contributed by atoms with Gasteiger partial charge in [-0.3, -0.25) is 4.79 Å². The molecule has 2 heterocycles. The van der Waals surface area contributed by atoms with Gasteiger partial charge in [0.1, 0.15) is 17.5 Å². The molecule has 3 rings (SSSR count). The maximum atomic E-state index is 13.4. The van der Waals surface area contributed by atoms with Crippen LogP contribution in [0.1, 0.15) is 35.3 Å². The second-order valence-electron chi connectivity index (χ2n) is 8.50. The summed E-state index contributed by atoms with van der Waals surface area (Å²) in [6.45, 7) is 3.69. The number of fused-ring (bicyclic) bond motifs is 1. The maximum absolute atomic E-state index is 13.4. The molecule has 0 spiro atoms. The molecule has 182 valence electrons. The van der Waals surface area contributed by atoms with Gasteiger partial charge in [-0.15, -0.1) is 0 Å². The van der Waals surface area contributed by atoms with Crippen LogP contribution in [-0.2, 0) is 10.0 Å². The first-order valence-corrected chi connectivity index (χ1v) is 12.6. The Morgan fingerprint density at radius 2 is 1.94 bits per heavy atom. The van der Waals surface area contributed by atoms with Crippen molar-refractivity contribution in [2.24, 2.45) is 5.92 Å². The van der Waals surface area contributed by atoms with Crippen LogP contribution in [0.25, 0.3) is 0 Å². The quantitative estimate of drug-likeness (QED) is 0.643. The Kier molecular flexibility index (Phi) is 7.92. The molecule has 0 saturated heterocycles. The van der Waals surface area contributed by atoms with Gasteiger partial charge in [0, 0.05) is 36.8 Å². The first-order chi connectivity index (χ1) is 16.0. The minimum absolute atomic E-state index is 0.0722. The Morgan fingerprint density at radius 1 is 1.29 bits per heavy atom. The molecule has 34 heavy (non-hydrogen) atoms. The van der Waals surface area contributed by atoms with Crippen LogP contribution < -0.4 is 4.74 Å². The molecule has 1 aliphatic rings. The number of rotatable bonds is 5. The minimum atomic E-state index is -3.44. The minimum Gasteiger partial charge on any atom is -0.472 e. The number of benzene rings is 1. The topological polar surface area (TPSA) is 100 Å². The number of pyridine rings is 1. The molecule has 0 aliphatic carbocycles. The third-order valence-electron chi connectivity index (χ3n) is 5.72. The average molecular weight is 490 g/mol. The molecule has 10 heteroatoms. The Balaban J connectivity index is 2.01. The number of sulfonamides is 1. The molecule has 0 bridgehead atoms. The number of ether oxygens (including phenoxy) is 1. The van der Waals surface area contributed by atoms with Crippen LogP contribution in [0.4, 0.5) is 4.39 Å². The van der Waals surface area contributed by atoms with Crippen molar-refractivity contribution < 1.29 is 27.4 Å². The number of halogens is 1. The number of hydrogen-bond acceptors (Lipinski definition) is 6. The molecule has 2 aromatic rings. The summed E-state index contributed by atoms with van der Waals surface area (Å²) in [7, 11) is -1.98. The predicted molar refractivity (Wildman–Crippen MR) is 125 cm³/mol. The lowest BCUT2D eigenvalue weighted by Crippen LogP contribution is -2.50. The van der Waals surface area contributed by atoms with E-state index in [-0.39, 0.29) is 48.8 Å². The van der Waals surface area contributed by atoms with E-state index in [0.717, 1.165) is 6.26 Å². The monoisotopic (exact) mass is 489 g/mol. The third kappa shape index (κ3) is 6.11. The number of carbonyl (C=O) groups is 1. The molecule has 1 N–H and O–H groups in total. The predicted octanol–water partition coefficient (Wildman–Crippen LogP) is 1.73. The van der Waals surface area contributed by atoms with Crippen molar-refractivity contribution in [3.8, 4) is 17.7 Å². The van der Waals surface area contributed by atoms with E-state index in [2.05, 4.69) is 16.8 Å². The van der Waals surface area contributed by atoms with Gasteiger partial charge in [-0.2, -0.15) is 0 Å². The van der Waals surface area contributed by atoms with Crippen LogP contribution in [0.3, 0.4) is 0 Å². The summed E-state index contributed by atoms with van der Waals surface area (Å²) in [5.41, 5.74) is 1.23. The molecule has 8 nitrogen and oxygen atoms in total. The van der Waals surface area contributed by atoms with Crippen LogP contribution >= 0.6 is 0 Å². The maximum Gasteiger partial charge on any atom is 0.259 e. The Labute approximate surface area is 199 Å². The molecular weight excluding hydrogens is 461 g/mol. The van der Waals surface area contributed by atoms with E-state index in [9.17, 15) is 22.7 Å². The highest BCUT2D eigenvalue weighted by Crippen LogP contribution is 2.27. The van der Waals surface area contributed by atoms with Gasteiger partial charge in [0.05, 0.1) is 25.4 Å². The van der Waals surface area contributed by atoms with Crippen molar-refractivity contribution in [3.05, 3.63) is 59.0 Å². The van der Waals surface area contributed by atoms with Crippen molar-refractivity contribution in [1.82, 2.24) is 14.2 Å². The Morgan fingerprint density at radius 3 is 2.56 bits per heavy atom. The fourth-order valence-electron chi connectivity index (χ4n) is 3.45. The molecule has 1 aromatic heterocycles. The van der Waals surface area contributed by atoms with E-state index in [4.69, 9.17) is 4.74 Å². The standard InChI is InChI=1S/C24H28FN3O5S/c1-16-13-28(17(2)15-29)24(30)21-11-19(6-5-18-7-9-20(25)10-8-18)12-26-23(21)33-22(16)14-27(3)34(4,31)32/h7-12,16-17,22,29H,13-15H2,1-4H3/t16-,17-,22+/m1/s1. The molecule has 0 saturated carbocycles. The van der Waals surface area contributed by atoms with Crippen molar-refractivity contribution in [1.29, 1.82) is 0 Å². The van der Waals surface area contributed by atoms with Crippen molar-refractivity contribution in [2.75, 3.05) is 33.0 Å². The van der Waals surface area contributed by atoms with Crippen LogP contribution in [0.2, 0.25) is 0 Å². The average Bonchev–Trinajstić information content (AvgIpc) is 2.79. The Bertz CT molecular complexity index is 1210. The summed E-state index contributed by atoms with van der Waals surface area (Å²) in [5.74, 6) is 4.93. The highest BCUT2D eigenvalue weighted by Gasteiger charge is 2.35. The zero-order chi connectivity index (χ0) is 25.0. The van der Waals surface area contributed by atoms with Crippen LogP contribution in [0.15, 0.2) is 36.5 Å². The molecule has 1 amide bonds. The normalized spacial score (nSPS) is 19.4. The molecule has 0 radical (unpaired) electrons. The number of likely N-dealkylation sites (N-methyl/N-ethyl adjacent to an activating group) is 1. The number of aliphatic hydroxyl groups is 1. The fraction of sp³-hybridized carbons (Fsp3) is 0.417. The van der Waals surface area contributed by atoms with Crippen LogP contribution in [-0.4, -0.2) is 78.8 Å². The van der Waals surface area contributed by atoms with Gasteiger partial charge in [-0.05, 0) is 37.3 Å². The van der Waals surface area contributed by atoms with E-state index >= 15 is 0 Å². The van der Waals surface area contributed by atoms with Crippen LogP contribution in [0, 0.1) is 23.6 Å². The SMILES string of the molecule is C[C@@H]1CN([C@H](C)CO)C(=O)c2cc(C#Cc3ccc(F)cc3)cnc2O[C@H]1CN(C)S(C)(=O)=O. The molecule has 0 unspecified atom stereocenters. The fourth-order valence-corrected chi connectivity index (χ4v) is 3.87. The zero-order valence-corrected chi connectivity index (χ0v) is 20.3. The highest BCUT2D eigenvalue weighted by atomic mass is 32.2. The van der Waals surface area contributed by atoms with Gasteiger partial charge in [0.2, 0.25) is 15.9 Å². The number of aliphatic hydroxyl groups excluding tert-OH is 1. The van der Waals surface area contributed by atoms with Gasteiger partial charge in [-0.1, -0.05) is 18.8 Å². The second kappa shape index (κ2) is 10.5. The number of aromatic nitrogens is 1. The lowest BCUT2D eigenvalue weighted by molar-refractivity contribution is 0.0373. The lowest BCUT2D eigenvalue weighted by Gasteiger charge is -2.37. The summed E-state index contributed by atoms with van der Waals surface area (Å²) in [5, 5.41) is 9.73. The van der Waals surface area contributed by atoms with E-state index < -0.39 is 22.2 Å². The van der Waals surface area contributed by atoms with Crippen molar-refractivity contribution in [3.63, 3.8) is 0 Å². The van der Waals surface area contributed by atoms with Gasteiger partial charge >= 0.3 is 0 Å². The zero-order valence-electron chi connectivity index (χ0n) is 19.5. The van der Waals surface area contributed by atoms with Crippen LogP contribution in [0.5, 0.6) is 5.88 Å². The molecule has 1 aromatic carbocycles. The third-order valence-corrected chi connectivity index (χ3v) is 7.00. The van der Waals surface area contributed by atoms with E-state index in [1.807, 2.05) is 6.92 Å². The smallest absolute Gasteiger partial charge is 0.259 e. The summed E-state index contributed by atoms with van der Waals surface area (Å²) < 4.78 is 44.3. The molecule has 0 fully saturated rings. The number of nitrogens with zero attached hydrogens (tertiary/aromatic N) is 3. The van der Waals surface area contributed by atoms with E-state index in [0.29, 0.717) is 11.1 Å². The molecule has 1 aliphatic heterocycles. The van der Waals surface area contributed by atoms with E-state index in [1.54, 1.807) is 30.0 Å². The van der Waals surface area contributed by atoms with Gasteiger partial charge in [-0.25, -0.2) is 22.1 Å². The highest BCUT2D eigenvalue weighted by molar-refractivity contribution is 7.88. The summed E-state index contributed by atoms with van der Waals surface area (Å²) in [6.07, 6.45) is 2.00. The molecular formula is C24H28FN3O5S.